The van der Waals surface area contributed by atoms with Gasteiger partial charge in [0.15, 0.2) is 17.3 Å². The van der Waals surface area contributed by atoms with E-state index < -0.39 is 18.2 Å². The van der Waals surface area contributed by atoms with Crippen molar-refractivity contribution in [3.05, 3.63) is 23.8 Å². The Hall–Kier alpha value is -2.33. The summed E-state index contributed by atoms with van der Waals surface area (Å²) in [4.78, 5) is 20.7. The zero-order valence-corrected chi connectivity index (χ0v) is 14.6. The zero-order valence-electron chi connectivity index (χ0n) is 14.6. The van der Waals surface area contributed by atoms with Gasteiger partial charge in [-0.2, -0.15) is 13.2 Å². The monoisotopic (exact) mass is 381 g/mol. The summed E-state index contributed by atoms with van der Waals surface area (Å²) < 4.78 is 47.1. The summed E-state index contributed by atoms with van der Waals surface area (Å²) in [7, 11) is 4.69. The molecule has 10 heteroatoms. The van der Waals surface area contributed by atoms with Crippen molar-refractivity contribution in [1.29, 1.82) is 0 Å². The number of carboxylic acid groups (broad SMARTS) is 1. The van der Waals surface area contributed by atoms with Gasteiger partial charge >= 0.3 is 12.1 Å². The molecule has 0 aliphatic carbocycles. The van der Waals surface area contributed by atoms with E-state index in [1.54, 1.807) is 14.2 Å². The van der Waals surface area contributed by atoms with E-state index in [0.29, 0.717) is 24.3 Å². The van der Waals surface area contributed by atoms with E-state index in [2.05, 4.69) is 0 Å². The highest BCUT2D eigenvalue weighted by Gasteiger charge is 2.38. The van der Waals surface area contributed by atoms with E-state index in [1.165, 1.54) is 7.11 Å². The molecule has 0 saturated heterocycles. The second-order valence-electron chi connectivity index (χ2n) is 4.98. The molecule has 0 spiro atoms. The quantitative estimate of drug-likeness (QED) is 0.707. The van der Waals surface area contributed by atoms with E-state index in [1.807, 2.05) is 18.2 Å². The van der Waals surface area contributed by atoms with Crippen LogP contribution in [-0.2, 0) is 20.7 Å². The third kappa shape index (κ3) is 8.17. The molecule has 1 atom stereocenters. The van der Waals surface area contributed by atoms with Gasteiger partial charge in [0.05, 0.1) is 26.9 Å². The summed E-state index contributed by atoms with van der Waals surface area (Å²) >= 11 is 0. The lowest BCUT2D eigenvalue weighted by Gasteiger charge is -2.13. The van der Waals surface area contributed by atoms with Crippen molar-refractivity contribution < 1.29 is 42.1 Å². The van der Waals surface area contributed by atoms with Crippen molar-refractivity contribution in [2.45, 2.75) is 25.1 Å². The maximum Gasteiger partial charge on any atom is 0.490 e. The summed E-state index contributed by atoms with van der Waals surface area (Å²) in [5.74, 6) is -1.45. The lowest BCUT2D eigenvalue weighted by Crippen LogP contribution is -2.35. The van der Waals surface area contributed by atoms with Gasteiger partial charge in [-0.25, -0.2) is 4.79 Å². The summed E-state index contributed by atoms with van der Waals surface area (Å²) in [6.07, 6.45) is -4.16. The molecule has 0 aliphatic rings. The lowest BCUT2D eigenvalue weighted by molar-refractivity contribution is -0.192. The summed E-state index contributed by atoms with van der Waals surface area (Å²) in [6, 6.07) is 5.04. The molecule has 0 unspecified atom stereocenters. The van der Waals surface area contributed by atoms with E-state index in [4.69, 9.17) is 29.8 Å². The number of rotatable bonds is 8. The molecule has 26 heavy (non-hydrogen) atoms. The highest BCUT2D eigenvalue weighted by Crippen LogP contribution is 2.31. The molecule has 0 heterocycles. The van der Waals surface area contributed by atoms with Crippen LogP contribution in [0.2, 0.25) is 0 Å². The second-order valence-corrected chi connectivity index (χ2v) is 4.98. The number of methoxy groups -OCH3 is 3. The number of ether oxygens (including phenoxy) is 3. The molecule has 0 radical (unpaired) electrons. The third-order valence-electron chi connectivity index (χ3n) is 3.13. The summed E-state index contributed by atoms with van der Waals surface area (Å²) in [6.45, 7) is 0.244. The number of alkyl halides is 3. The van der Waals surface area contributed by atoms with Crippen molar-refractivity contribution in [3.63, 3.8) is 0 Å². The van der Waals surface area contributed by atoms with Crippen LogP contribution in [0.3, 0.4) is 0 Å². The number of hydrogen-bond donors (Lipinski definition) is 2. The molecule has 7 nitrogen and oxygen atoms in total. The molecule has 0 bridgehead atoms. The molecule has 1 aromatic carbocycles. The number of Topliss-reactive ketones (excluding diaryl/α,β-unsaturated/α-hetero) is 1. The SMILES string of the molecule is COC[C@H](N)C(=O)CCc1cccc(OC)c1OC.O=C(O)C(F)(F)F. The maximum atomic E-state index is 11.8. The smallest absolute Gasteiger partial charge is 0.490 e. The minimum Gasteiger partial charge on any atom is -0.493 e. The van der Waals surface area contributed by atoms with Crippen LogP contribution in [-0.4, -0.2) is 57.0 Å². The minimum absolute atomic E-state index is 0.0216. The summed E-state index contributed by atoms with van der Waals surface area (Å²) in [5, 5.41) is 7.12. The number of nitrogens with two attached hydrogens (primary N) is 1. The van der Waals surface area contributed by atoms with E-state index in [0.717, 1.165) is 5.56 Å². The second kappa shape index (κ2) is 11.3. The number of para-hydroxylation sites is 1. The highest BCUT2D eigenvalue weighted by molar-refractivity contribution is 5.84. The molecule has 1 rings (SSSR count). The van der Waals surface area contributed by atoms with Gasteiger partial charge in [0.25, 0.3) is 0 Å². The molecule has 0 saturated carbocycles. The van der Waals surface area contributed by atoms with Crippen LogP contribution in [0.1, 0.15) is 12.0 Å². The highest BCUT2D eigenvalue weighted by atomic mass is 19.4. The van der Waals surface area contributed by atoms with Crippen molar-refractivity contribution in [2.75, 3.05) is 27.9 Å². The number of aryl methyl sites for hydroxylation is 1. The first-order valence-electron chi connectivity index (χ1n) is 7.35. The molecule has 0 aromatic heterocycles. The van der Waals surface area contributed by atoms with Gasteiger partial charge in [-0.05, 0) is 18.1 Å². The number of halogens is 3. The predicted molar refractivity (Wildman–Crippen MR) is 86.4 cm³/mol. The van der Waals surface area contributed by atoms with Gasteiger partial charge < -0.3 is 25.1 Å². The third-order valence-corrected chi connectivity index (χ3v) is 3.13. The van der Waals surface area contributed by atoms with Crippen molar-refractivity contribution in [1.82, 2.24) is 0 Å². The number of hydrogen-bond acceptors (Lipinski definition) is 6. The predicted octanol–water partition coefficient (Wildman–Crippen LogP) is 1.81. The van der Waals surface area contributed by atoms with Gasteiger partial charge in [-0.1, -0.05) is 12.1 Å². The minimum atomic E-state index is -5.08. The van der Waals surface area contributed by atoms with Gasteiger partial charge in [0.2, 0.25) is 0 Å². The average molecular weight is 381 g/mol. The number of ketones is 1. The number of carboxylic acids is 1. The number of aliphatic carboxylic acids is 1. The Balaban J connectivity index is 0.000000758. The average Bonchev–Trinajstić information content (AvgIpc) is 2.58. The number of benzene rings is 1. The van der Waals surface area contributed by atoms with Crippen LogP contribution >= 0.6 is 0 Å². The molecular formula is C16H22F3NO6. The molecule has 0 amide bonds. The Labute approximate surface area is 148 Å². The Kier molecular flexibility index (Phi) is 10.3. The lowest BCUT2D eigenvalue weighted by atomic mass is 10.0. The van der Waals surface area contributed by atoms with E-state index in [-0.39, 0.29) is 12.4 Å². The van der Waals surface area contributed by atoms with Crippen LogP contribution in [0.4, 0.5) is 13.2 Å². The first-order chi connectivity index (χ1) is 12.1. The van der Waals surface area contributed by atoms with E-state index >= 15 is 0 Å². The van der Waals surface area contributed by atoms with Crippen LogP contribution in [0.5, 0.6) is 11.5 Å². The molecule has 148 valence electrons. The molecule has 1 aromatic rings. The normalized spacial score (nSPS) is 11.8. The largest absolute Gasteiger partial charge is 0.493 e. The zero-order chi connectivity index (χ0) is 20.3. The van der Waals surface area contributed by atoms with Crippen LogP contribution in [0.15, 0.2) is 18.2 Å². The van der Waals surface area contributed by atoms with Crippen molar-refractivity contribution in [2.24, 2.45) is 5.73 Å². The van der Waals surface area contributed by atoms with Gasteiger partial charge in [-0.15, -0.1) is 0 Å². The molecule has 0 fully saturated rings. The first-order valence-corrected chi connectivity index (χ1v) is 7.35. The van der Waals surface area contributed by atoms with Gasteiger partial charge in [0.1, 0.15) is 0 Å². The Morgan fingerprint density at radius 2 is 1.77 bits per heavy atom. The van der Waals surface area contributed by atoms with Crippen molar-refractivity contribution in [3.8, 4) is 11.5 Å². The maximum absolute atomic E-state index is 11.8. The van der Waals surface area contributed by atoms with Crippen LogP contribution in [0, 0.1) is 0 Å². The Bertz CT molecular complexity index is 592. The Morgan fingerprint density at radius 1 is 1.19 bits per heavy atom. The Morgan fingerprint density at radius 3 is 2.19 bits per heavy atom. The molecule has 3 N–H and O–H groups in total. The first kappa shape index (κ1) is 23.7. The van der Waals surface area contributed by atoms with Gasteiger partial charge in [0, 0.05) is 13.5 Å². The number of carbonyl (C=O) groups is 2. The van der Waals surface area contributed by atoms with Crippen LogP contribution in [0.25, 0.3) is 0 Å². The standard InChI is InChI=1S/C14H21NO4.C2HF3O2/c1-17-9-11(15)12(16)8-7-10-5-4-6-13(18-2)14(10)19-3;3-2(4,5)1(6)7/h4-6,11H,7-9,15H2,1-3H3;(H,6,7)/t11-;/m0./s1. The fourth-order valence-electron chi connectivity index (χ4n) is 1.87. The number of carbonyl (C=O) groups excluding carboxylic acids is 1. The topological polar surface area (TPSA) is 108 Å². The van der Waals surface area contributed by atoms with Crippen LogP contribution < -0.4 is 15.2 Å². The fraction of sp³-hybridized carbons (Fsp3) is 0.500. The van der Waals surface area contributed by atoms with Crippen molar-refractivity contribution >= 4 is 11.8 Å². The van der Waals surface area contributed by atoms with E-state index in [9.17, 15) is 18.0 Å². The fourth-order valence-corrected chi connectivity index (χ4v) is 1.87. The molecule has 0 aliphatic heterocycles. The summed E-state index contributed by atoms with van der Waals surface area (Å²) in [5.41, 5.74) is 6.62. The molecular weight excluding hydrogens is 359 g/mol. The van der Waals surface area contributed by atoms with Gasteiger partial charge in [-0.3, -0.25) is 4.79 Å².